The van der Waals surface area contributed by atoms with Crippen LogP contribution in [0.2, 0.25) is 0 Å². The van der Waals surface area contributed by atoms with Crippen molar-refractivity contribution in [3.63, 3.8) is 0 Å². The standard InChI is InChI=1S/C15H25N3/c1-15(2,3)11-7-8-12-17-14(16)18-13-9-5-4-6-10-13/h4-6,9-10H,7-8,11-12H2,1-3H3,(H3,16,17,18). The minimum atomic E-state index is 0.414. The van der Waals surface area contributed by atoms with Crippen molar-refractivity contribution in [2.24, 2.45) is 16.1 Å². The topological polar surface area (TPSA) is 50.4 Å². The van der Waals surface area contributed by atoms with Gasteiger partial charge in [-0.25, -0.2) is 0 Å². The number of benzene rings is 1. The van der Waals surface area contributed by atoms with Gasteiger partial charge in [-0.05, 0) is 30.4 Å². The zero-order valence-electron chi connectivity index (χ0n) is 11.7. The average molecular weight is 247 g/mol. The molecule has 1 aromatic rings. The quantitative estimate of drug-likeness (QED) is 0.474. The molecule has 0 aliphatic carbocycles. The smallest absolute Gasteiger partial charge is 0.193 e. The minimum Gasteiger partial charge on any atom is -0.370 e. The average Bonchev–Trinajstić information content (AvgIpc) is 2.28. The highest BCUT2D eigenvalue weighted by atomic mass is 15.1. The van der Waals surface area contributed by atoms with E-state index >= 15 is 0 Å². The van der Waals surface area contributed by atoms with E-state index in [9.17, 15) is 0 Å². The number of nitrogens with zero attached hydrogens (tertiary/aromatic N) is 1. The van der Waals surface area contributed by atoms with E-state index in [0.29, 0.717) is 11.4 Å². The summed E-state index contributed by atoms with van der Waals surface area (Å²) < 4.78 is 0. The third kappa shape index (κ3) is 6.94. The van der Waals surface area contributed by atoms with E-state index in [0.717, 1.165) is 18.7 Å². The molecule has 0 aliphatic rings. The van der Waals surface area contributed by atoms with Crippen LogP contribution in [0.3, 0.4) is 0 Å². The molecular weight excluding hydrogens is 222 g/mol. The summed E-state index contributed by atoms with van der Waals surface area (Å²) in [7, 11) is 0. The summed E-state index contributed by atoms with van der Waals surface area (Å²) in [5.41, 5.74) is 7.21. The predicted octanol–water partition coefficient (Wildman–Crippen LogP) is 3.63. The van der Waals surface area contributed by atoms with Gasteiger partial charge in [0.05, 0.1) is 0 Å². The van der Waals surface area contributed by atoms with Crippen LogP contribution >= 0.6 is 0 Å². The Kier molecular flexibility index (Phi) is 5.69. The number of anilines is 1. The number of hydrogen-bond donors (Lipinski definition) is 2. The normalized spacial score (nSPS) is 12.5. The fourth-order valence-corrected chi connectivity index (χ4v) is 1.68. The van der Waals surface area contributed by atoms with Crippen LogP contribution in [0.4, 0.5) is 5.69 Å². The first-order valence-electron chi connectivity index (χ1n) is 6.59. The van der Waals surface area contributed by atoms with Crippen molar-refractivity contribution < 1.29 is 0 Å². The molecule has 0 spiro atoms. The molecule has 0 aliphatic heterocycles. The van der Waals surface area contributed by atoms with Crippen LogP contribution < -0.4 is 11.1 Å². The fraction of sp³-hybridized carbons (Fsp3) is 0.533. The Morgan fingerprint density at radius 3 is 2.44 bits per heavy atom. The van der Waals surface area contributed by atoms with E-state index in [2.05, 4.69) is 31.1 Å². The van der Waals surface area contributed by atoms with Gasteiger partial charge in [-0.3, -0.25) is 4.99 Å². The zero-order valence-corrected chi connectivity index (χ0v) is 11.7. The van der Waals surface area contributed by atoms with E-state index in [1.807, 2.05) is 30.3 Å². The fourth-order valence-electron chi connectivity index (χ4n) is 1.68. The molecule has 0 atom stereocenters. The molecule has 0 bridgehead atoms. The summed E-state index contributed by atoms with van der Waals surface area (Å²) >= 11 is 0. The minimum absolute atomic E-state index is 0.414. The van der Waals surface area contributed by atoms with Crippen molar-refractivity contribution in [1.29, 1.82) is 0 Å². The number of para-hydroxylation sites is 1. The molecule has 0 unspecified atom stereocenters. The number of aliphatic imine (C=N–C) groups is 1. The van der Waals surface area contributed by atoms with Crippen LogP contribution in [0.5, 0.6) is 0 Å². The Labute approximate surface area is 111 Å². The Hall–Kier alpha value is -1.51. The highest BCUT2D eigenvalue weighted by Gasteiger charge is 2.08. The van der Waals surface area contributed by atoms with E-state index < -0.39 is 0 Å². The molecule has 100 valence electrons. The molecule has 3 nitrogen and oxygen atoms in total. The molecule has 18 heavy (non-hydrogen) atoms. The van der Waals surface area contributed by atoms with Crippen molar-refractivity contribution in [3.05, 3.63) is 30.3 Å². The van der Waals surface area contributed by atoms with Gasteiger partial charge in [0.15, 0.2) is 5.96 Å². The maximum atomic E-state index is 5.81. The number of guanidine groups is 1. The number of hydrogen-bond acceptors (Lipinski definition) is 1. The van der Waals surface area contributed by atoms with Crippen molar-refractivity contribution in [2.45, 2.75) is 40.0 Å². The molecule has 1 aromatic carbocycles. The van der Waals surface area contributed by atoms with Crippen LogP contribution in [-0.4, -0.2) is 12.5 Å². The Bertz CT molecular complexity index is 363. The number of rotatable bonds is 5. The van der Waals surface area contributed by atoms with Crippen molar-refractivity contribution in [2.75, 3.05) is 11.9 Å². The molecule has 0 saturated carbocycles. The van der Waals surface area contributed by atoms with E-state index in [-0.39, 0.29) is 0 Å². The second-order valence-corrected chi connectivity index (χ2v) is 5.78. The molecule has 1 rings (SSSR count). The molecule has 0 aromatic heterocycles. The predicted molar refractivity (Wildman–Crippen MR) is 79.9 cm³/mol. The van der Waals surface area contributed by atoms with Crippen LogP contribution in [-0.2, 0) is 0 Å². The maximum Gasteiger partial charge on any atom is 0.193 e. The Morgan fingerprint density at radius 2 is 1.83 bits per heavy atom. The third-order valence-electron chi connectivity index (χ3n) is 2.66. The monoisotopic (exact) mass is 247 g/mol. The van der Waals surface area contributed by atoms with Crippen molar-refractivity contribution >= 4 is 11.6 Å². The van der Waals surface area contributed by atoms with Crippen LogP contribution in [0, 0.1) is 5.41 Å². The van der Waals surface area contributed by atoms with Gasteiger partial charge in [-0.2, -0.15) is 0 Å². The third-order valence-corrected chi connectivity index (χ3v) is 2.66. The molecule has 0 radical (unpaired) electrons. The highest BCUT2D eigenvalue weighted by Crippen LogP contribution is 2.21. The molecular formula is C15H25N3. The zero-order chi connectivity index (χ0) is 13.4. The first-order valence-corrected chi connectivity index (χ1v) is 6.59. The number of nitrogens with one attached hydrogen (secondary N) is 1. The molecule has 3 N–H and O–H groups in total. The van der Waals surface area contributed by atoms with Gasteiger partial charge in [0.25, 0.3) is 0 Å². The molecule has 0 heterocycles. The molecule has 0 fully saturated rings. The van der Waals surface area contributed by atoms with Gasteiger partial charge in [0.2, 0.25) is 0 Å². The molecule has 0 amide bonds. The summed E-state index contributed by atoms with van der Waals surface area (Å²) in [6, 6.07) is 9.87. The van der Waals surface area contributed by atoms with E-state index in [1.165, 1.54) is 12.8 Å². The summed E-state index contributed by atoms with van der Waals surface area (Å²) in [6.07, 6.45) is 3.52. The van der Waals surface area contributed by atoms with Crippen molar-refractivity contribution in [1.82, 2.24) is 0 Å². The maximum absolute atomic E-state index is 5.81. The van der Waals surface area contributed by atoms with Gasteiger partial charge in [0, 0.05) is 12.2 Å². The highest BCUT2D eigenvalue weighted by molar-refractivity contribution is 5.92. The summed E-state index contributed by atoms with van der Waals surface area (Å²) in [5.74, 6) is 0.497. The van der Waals surface area contributed by atoms with Crippen LogP contribution in [0.25, 0.3) is 0 Å². The molecule has 3 heteroatoms. The lowest BCUT2D eigenvalue weighted by Gasteiger charge is -2.17. The largest absolute Gasteiger partial charge is 0.370 e. The van der Waals surface area contributed by atoms with Gasteiger partial charge < -0.3 is 11.1 Å². The SMILES string of the molecule is CC(C)(C)CCCCN=C(N)Nc1ccccc1. The summed E-state index contributed by atoms with van der Waals surface area (Å²) in [6.45, 7) is 7.59. The van der Waals surface area contributed by atoms with Gasteiger partial charge in [-0.15, -0.1) is 0 Å². The lowest BCUT2D eigenvalue weighted by atomic mass is 9.90. The second kappa shape index (κ2) is 7.04. The lowest BCUT2D eigenvalue weighted by molar-refractivity contribution is 0.361. The Balaban J connectivity index is 2.22. The Morgan fingerprint density at radius 1 is 1.17 bits per heavy atom. The van der Waals surface area contributed by atoms with E-state index in [4.69, 9.17) is 5.73 Å². The number of unbranched alkanes of at least 4 members (excludes halogenated alkanes) is 1. The molecule has 0 saturated heterocycles. The van der Waals surface area contributed by atoms with Gasteiger partial charge in [-0.1, -0.05) is 45.4 Å². The first kappa shape index (κ1) is 14.6. The van der Waals surface area contributed by atoms with Crippen LogP contribution in [0.1, 0.15) is 40.0 Å². The van der Waals surface area contributed by atoms with Gasteiger partial charge >= 0.3 is 0 Å². The van der Waals surface area contributed by atoms with Crippen molar-refractivity contribution in [3.8, 4) is 0 Å². The lowest BCUT2D eigenvalue weighted by Crippen LogP contribution is -2.22. The summed E-state index contributed by atoms with van der Waals surface area (Å²) in [5, 5.41) is 3.08. The second-order valence-electron chi connectivity index (χ2n) is 5.78. The summed E-state index contributed by atoms with van der Waals surface area (Å²) in [4.78, 5) is 4.32. The van der Waals surface area contributed by atoms with Crippen LogP contribution in [0.15, 0.2) is 35.3 Å². The number of nitrogens with two attached hydrogens (primary N) is 1. The van der Waals surface area contributed by atoms with Gasteiger partial charge in [0.1, 0.15) is 0 Å². The first-order chi connectivity index (χ1) is 8.47. The van der Waals surface area contributed by atoms with E-state index in [1.54, 1.807) is 0 Å².